The quantitative estimate of drug-likeness (QED) is 0.180. The summed E-state index contributed by atoms with van der Waals surface area (Å²) in [5.41, 5.74) is -0.284. The third-order valence-corrected chi connectivity index (χ3v) is 3.41. The normalized spacial score (nSPS) is 28.4. The maximum absolute atomic E-state index is 11.4. The lowest BCUT2D eigenvalue weighted by molar-refractivity contribution is -0.395. The number of rotatable bonds is 7. The Balaban J connectivity index is 3.06. The number of aliphatic hydroxyl groups is 1. The predicted molar refractivity (Wildman–Crippen MR) is 92.4 cm³/mol. The van der Waals surface area contributed by atoms with Crippen LogP contribution in [0.4, 0.5) is 4.79 Å². The van der Waals surface area contributed by atoms with Gasteiger partial charge in [-0.1, -0.05) is 25.9 Å². The fourth-order valence-electron chi connectivity index (χ4n) is 2.25. The van der Waals surface area contributed by atoms with E-state index in [9.17, 15) is 19.5 Å². The van der Waals surface area contributed by atoms with Gasteiger partial charge in [-0.15, -0.1) is 0 Å². The van der Waals surface area contributed by atoms with Gasteiger partial charge in [0.15, 0.2) is 0 Å². The minimum absolute atomic E-state index is 0.142. The predicted octanol–water partition coefficient (Wildman–Crippen LogP) is -0.128. The highest BCUT2D eigenvalue weighted by atomic mass is 16.9. The van der Waals surface area contributed by atoms with Gasteiger partial charge in [0, 0.05) is 14.0 Å². The second kappa shape index (κ2) is 9.62. The summed E-state index contributed by atoms with van der Waals surface area (Å²) in [6, 6.07) is -0.929. The van der Waals surface area contributed by atoms with Crippen molar-refractivity contribution in [1.29, 1.82) is 0 Å². The van der Waals surface area contributed by atoms with Crippen molar-refractivity contribution in [3.8, 4) is 0 Å². The highest BCUT2D eigenvalue weighted by molar-refractivity contribution is 5.75. The van der Waals surface area contributed by atoms with Crippen molar-refractivity contribution in [1.82, 2.24) is 10.6 Å². The number of carbonyl (C=O) groups excluding carboxylic acids is 3. The molecule has 2 unspecified atom stereocenters. The minimum Gasteiger partial charge on any atom is -0.410 e. The molecule has 4 atom stereocenters. The standard InChI is InChI=1S/C16H27N3O8/c1-10(21)19-13-11(22)6-16(25-9-20,24-8-15(2,3)4)26-12(13)7-18-27-14(23)17-5/h7,9,11-13,22H,6,8H2,1-5H3,(H,17,23)(H,19,21)/t11?,12?,13-,16-/m0/s1. The van der Waals surface area contributed by atoms with Crippen molar-refractivity contribution in [2.24, 2.45) is 10.6 Å². The molecule has 0 saturated carbocycles. The Morgan fingerprint density at radius 2 is 2.07 bits per heavy atom. The van der Waals surface area contributed by atoms with Crippen LogP contribution < -0.4 is 10.6 Å². The summed E-state index contributed by atoms with van der Waals surface area (Å²) in [7, 11) is 1.35. The summed E-state index contributed by atoms with van der Waals surface area (Å²) in [6.07, 6.45) is -2.31. The van der Waals surface area contributed by atoms with Crippen molar-refractivity contribution in [3.63, 3.8) is 0 Å². The van der Waals surface area contributed by atoms with Crippen molar-refractivity contribution >= 4 is 24.7 Å². The fourth-order valence-corrected chi connectivity index (χ4v) is 2.25. The second-order valence-electron chi connectivity index (χ2n) is 7.21. The number of nitrogens with one attached hydrogen (secondary N) is 2. The third-order valence-electron chi connectivity index (χ3n) is 3.41. The van der Waals surface area contributed by atoms with Gasteiger partial charge in [0.25, 0.3) is 6.47 Å². The molecule has 0 aromatic rings. The number of hydrogen-bond acceptors (Lipinski definition) is 9. The van der Waals surface area contributed by atoms with E-state index in [0.717, 1.165) is 6.21 Å². The Bertz CT molecular complexity index is 562. The molecule has 1 aliphatic heterocycles. The Labute approximate surface area is 157 Å². The molecule has 154 valence electrons. The Morgan fingerprint density at radius 1 is 1.41 bits per heavy atom. The Morgan fingerprint density at radius 3 is 2.59 bits per heavy atom. The first-order chi connectivity index (χ1) is 12.5. The summed E-state index contributed by atoms with van der Waals surface area (Å²) in [6.45, 7) is 7.26. The SMILES string of the molecule is CNC(=O)ON=CC1O[C@](OC=O)(OCC(C)(C)C)CC(O)[C@@H]1NC(C)=O. The van der Waals surface area contributed by atoms with Crippen molar-refractivity contribution in [2.45, 2.75) is 58.3 Å². The lowest BCUT2D eigenvalue weighted by Crippen LogP contribution is -2.63. The van der Waals surface area contributed by atoms with Gasteiger partial charge < -0.3 is 30.0 Å². The van der Waals surface area contributed by atoms with Gasteiger partial charge in [-0.3, -0.25) is 14.4 Å². The maximum Gasteiger partial charge on any atom is 0.433 e. The van der Waals surface area contributed by atoms with Crippen molar-refractivity contribution in [3.05, 3.63) is 0 Å². The zero-order valence-corrected chi connectivity index (χ0v) is 16.1. The highest BCUT2D eigenvalue weighted by Crippen LogP contribution is 2.33. The van der Waals surface area contributed by atoms with E-state index in [1.807, 2.05) is 20.8 Å². The number of amides is 2. The minimum atomic E-state index is -1.88. The average Bonchev–Trinajstić information content (AvgIpc) is 2.55. The molecule has 1 fully saturated rings. The first-order valence-corrected chi connectivity index (χ1v) is 8.32. The van der Waals surface area contributed by atoms with Crippen LogP contribution in [0.25, 0.3) is 0 Å². The van der Waals surface area contributed by atoms with E-state index >= 15 is 0 Å². The maximum atomic E-state index is 11.4. The number of aliphatic hydroxyl groups excluding tert-OH is 1. The molecular formula is C16H27N3O8. The van der Waals surface area contributed by atoms with Gasteiger partial charge in [-0.05, 0) is 5.41 Å². The van der Waals surface area contributed by atoms with Gasteiger partial charge in [-0.25, -0.2) is 4.79 Å². The zero-order valence-electron chi connectivity index (χ0n) is 16.1. The molecule has 0 radical (unpaired) electrons. The van der Waals surface area contributed by atoms with E-state index in [0.29, 0.717) is 0 Å². The molecule has 0 aromatic carbocycles. The largest absolute Gasteiger partial charge is 0.433 e. The van der Waals surface area contributed by atoms with Gasteiger partial charge >= 0.3 is 12.1 Å². The molecule has 27 heavy (non-hydrogen) atoms. The number of hydrogen-bond donors (Lipinski definition) is 3. The number of oxime groups is 1. The summed E-state index contributed by atoms with van der Waals surface area (Å²) in [5.74, 6) is -2.31. The van der Waals surface area contributed by atoms with Gasteiger partial charge in [0.1, 0.15) is 6.10 Å². The van der Waals surface area contributed by atoms with E-state index in [2.05, 4.69) is 20.6 Å². The molecule has 0 spiro atoms. The van der Waals surface area contributed by atoms with E-state index < -0.39 is 36.2 Å². The molecule has 1 rings (SSSR count). The average molecular weight is 389 g/mol. The van der Waals surface area contributed by atoms with Gasteiger partial charge in [0.2, 0.25) is 5.91 Å². The summed E-state index contributed by atoms with van der Waals surface area (Å²) >= 11 is 0. The topological polar surface area (TPSA) is 145 Å². The van der Waals surface area contributed by atoms with E-state index in [1.165, 1.54) is 14.0 Å². The fraction of sp³-hybridized carbons (Fsp3) is 0.750. The van der Waals surface area contributed by atoms with Crippen LogP contribution in [0.1, 0.15) is 34.1 Å². The molecule has 0 bridgehead atoms. The molecule has 1 aliphatic rings. The molecule has 11 heteroatoms. The second-order valence-corrected chi connectivity index (χ2v) is 7.21. The lowest BCUT2D eigenvalue weighted by Gasteiger charge is -2.44. The number of ether oxygens (including phenoxy) is 3. The van der Waals surface area contributed by atoms with Crippen LogP contribution in [0.3, 0.4) is 0 Å². The summed E-state index contributed by atoms with van der Waals surface area (Å²) < 4.78 is 16.3. The lowest BCUT2D eigenvalue weighted by atomic mass is 9.96. The Hall–Kier alpha value is -2.24. The highest BCUT2D eigenvalue weighted by Gasteiger charge is 2.50. The molecule has 0 aliphatic carbocycles. The van der Waals surface area contributed by atoms with Gasteiger partial charge in [0.05, 0.1) is 31.4 Å². The molecule has 2 amide bonds. The van der Waals surface area contributed by atoms with E-state index in [1.54, 1.807) is 0 Å². The molecular weight excluding hydrogens is 362 g/mol. The molecule has 11 nitrogen and oxygen atoms in total. The third kappa shape index (κ3) is 7.49. The van der Waals surface area contributed by atoms with Crippen LogP contribution in [0, 0.1) is 5.41 Å². The van der Waals surface area contributed by atoms with Crippen LogP contribution >= 0.6 is 0 Å². The molecule has 1 heterocycles. The molecule has 1 saturated heterocycles. The van der Waals surface area contributed by atoms with Crippen LogP contribution in [0.15, 0.2) is 5.16 Å². The van der Waals surface area contributed by atoms with Crippen LogP contribution in [0.5, 0.6) is 0 Å². The molecule has 0 aromatic heterocycles. The van der Waals surface area contributed by atoms with Gasteiger partial charge in [-0.2, -0.15) is 0 Å². The van der Waals surface area contributed by atoms with Crippen LogP contribution in [-0.2, 0) is 28.6 Å². The van der Waals surface area contributed by atoms with Crippen LogP contribution in [0.2, 0.25) is 0 Å². The summed E-state index contributed by atoms with van der Waals surface area (Å²) in [5, 5.41) is 18.7. The number of nitrogens with zero attached hydrogens (tertiary/aromatic N) is 1. The van der Waals surface area contributed by atoms with E-state index in [4.69, 9.17) is 14.2 Å². The first kappa shape index (κ1) is 22.8. The van der Waals surface area contributed by atoms with E-state index in [-0.39, 0.29) is 24.9 Å². The summed E-state index contributed by atoms with van der Waals surface area (Å²) in [4.78, 5) is 38.0. The van der Waals surface area contributed by atoms with Crippen LogP contribution in [-0.4, -0.2) is 67.7 Å². The van der Waals surface area contributed by atoms with Crippen molar-refractivity contribution < 1.29 is 38.5 Å². The zero-order chi connectivity index (χ0) is 20.7. The smallest absolute Gasteiger partial charge is 0.410 e. The first-order valence-electron chi connectivity index (χ1n) is 8.32. The molecule has 3 N–H and O–H groups in total. The van der Waals surface area contributed by atoms with Crippen molar-refractivity contribution in [2.75, 3.05) is 13.7 Å². The monoisotopic (exact) mass is 389 g/mol. The number of carbonyl (C=O) groups is 3. The Kier molecular flexibility index (Phi) is 8.13.